The van der Waals surface area contributed by atoms with E-state index in [0.29, 0.717) is 19.2 Å². The van der Waals surface area contributed by atoms with E-state index < -0.39 is 0 Å². The normalized spacial score (nSPS) is 28.7. The summed E-state index contributed by atoms with van der Waals surface area (Å²) in [4.78, 5) is 11.8. The Morgan fingerprint density at radius 2 is 2.07 bits per heavy atom. The topological polar surface area (TPSA) is 50.4 Å². The molecule has 2 fully saturated rings. The van der Waals surface area contributed by atoms with Crippen LogP contribution in [-0.2, 0) is 9.53 Å². The number of carbonyl (C=O) groups excluding carboxylic acids is 1. The molecular weight excluding hydrogens is 192 g/mol. The van der Waals surface area contributed by atoms with Crippen LogP contribution < -0.4 is 10.6 Å². The highest BCUT2D eigenvalue weighted by Gasteiger charge is 2.24. The zero-order valence-electron chi connectivity index (χ0n) is 9.13. The van der Waals surface area contributed by atoms with Crippen LogP contribution in [0.2, 0.25) is 0 Å². The second-order valence-corrected chi connectivity index (χ2v) is 4.41. The summed E-state index contributed by atoms with van der Waals surface area (Å²) in [7, 11) is 0. The Labute approximate surface area is 90.8 Å². The monoisotopic (exact) mass is 212 g/mol. The third-order valence-corrected chi connectivity index (χ3v) is 3.17. The third-order valence-electron chi connectivity index (χ3n) is 3.17. The maximum atomic E-state index is 11.8. The van der Waals surface area contributed by atoms with Crippen LogP contribution in [0.3, 0.4) is 0 Å². The quantitative estimate of drug-likeness (QED) is 0.697. The van der Waals surface area contributed by atoms with Gasteiger partial charge >= 0.3 is 0 Å². The molecule has 1 amide bonds. The van der Waals surface area contributed by atoms with Gasteiger partial charge in [0.15, 0.2) is 0 Å². The molecule has 0 aromatic carbocycles. The summed E-state index contributed by atoms with van der Waals surface area (Å²) >= 11 is 0. The summed E-state index contributed by atoms with van der Waals surface area (Å²) in [6.45, 7) is 2.15. The highest BCUT2D eigenvalue weighted by atomic mass is 16.5. The van der Waals surface area contributed by atoms with Crippen molar-refractivity contribution in [2.75, 3.05) is 19.7 Å². The van der Waals surface area contributed by atoms with Crippen LogP contribution in [0.5, 0.6) is 0 Å². The van der Waals surface area contributed by atoms with Gasteiger partial charge < -0.3 is 15.4 Å². The average Bonchev–Trinajstić information content (AvgIpc) is 2.31. The van der Waals surface area contributed by atoms with Crippen LogP contribution in [-0.4, -0.2) is 37.7 Å². The number of rotatable bonds is 2. The minimum absolute atomic E-state index is 0.0640. The van der Waals surface area contributed by atoms with E-state index in [0.717, 1.165) is 19.4 Å². The van der Waals surface area contributed by atoms with E-state index in [1.165, 1.54) is 19.3 Å². The highest BCUT2D eigenvalue weighted by molar-refractivity contribution is 5.81. The molecule has 15 heavy (non-hydrogen) atoms. The molecule has 4 heteroatoms. The van der Waals surface area contributed by atoms with Gasteiger partial charge in [-0.2, -0.15) is 0 Å². The van der Waals surface area contributed by atoms with E-state index in [4.69, 9.17) is 4.74 Å². The van der Waals surface area contributed by atoms with Gasteiger partial charge in [0, 0.05) is 19.1 Å². The molecule has 0 aromatic heterocycles. The predicted molar refractivity (Wildman–Crippen MR) is 57.6 cm³/mol. The molecular formula is C11H20N2O2. The molecule has 2 N–H and O–H groups in total. The van der Waals surface area contributed by atoms with Crippen molar-refractivity contribution in [2.24, 2.45) is 0 Å². The van der Waals surface area contributed by atoms with E-state index in [-0.39, 0.29) is 12.0 Å². The van der Waals surface area contributed by atoms with E-state index in [9.17, 15) is 4.79 Å². The number of hydrogen-bond acceptors (Lipinski definition) is 3. The van der Waals surface area contributed by atoms with E-state index in [1.807, 2.05) is 0 Å². The van der Waals surface area contributed by atoms with Gasteiger partial charge in [0.25, 0.3) is 5.91 Å². The van der Waals surface area contributed by atoms with E-state index in [2.05, 4.69) is 10.6 Å². The van der Waals surface area contributed by atoms with Crippen LogP contribution in [0.4, 0.5) is 0 Å². The molecule has 86 valence electrons. The molecule has 1 aliphatic heterocycles. The number of amides is 1. The molecule has 2 aliphatic rings. The van der Waals surface area contributed by atoms with Crippen LogP contribution in [0.25, 0.3) is 0 Å². The molecule has 0 radical (unpaired) electrons. The maximum absolute atomic E-state index is 11.8. The first-order valence-electron chi connectivity index (χ1n) is 5.99. The van der Waals surface area contributed by atoms with Crippen LogP contribution in [0.1, 0.15) is 32.1 Å². The molecule has 0 bridgehead atoms. The summed E-state index contributed by atoms with van der Waals surface area (Å²) < 4.78 is 5.41. The Kier molecular flexibility index (Phi) is 3.97. The van der Waals surface area contributed by atoms with Crippen molar-refractivity contribution in [1.29, 1.82) is 0 Å². The molecule has 0 aromatic rings. The minimum Gasteiger partial charge on any atom is -0.366 e. The first kappa shape index (κ1) is 10.9. The van der Waals surface area contributed by atoms with Crippen molar-refractivity contribution in [3.05, 3.63) is 0 Å². The van der Waals surface area contributed by atoms with Gasteiger partial charge in [0.2, 0.25) is 0 Å². The molecule has 1 saturated heterocycles. The predicted octanol–water partition coefficient (Wildman–Crippen LogP) is 0.424. The van der Waals surface area contributed by atoms with Gasteiger partial charge in [-0.15, -0.1) is 0 Å². The SMILES string of the molecule is O=C(NC1CCCCC1)[C@H]1CNCCO1. The number of carbonyl (C=O) groups is 1. The van der Waals surface area contributed by atoms with Gasteiger partial charge in [-0.3, -0.25) is 4.79 Å². The summed E-state index contributed by atoms with van der Waals surface area (Å²) in [5.74, 6) is 0.0640. The number of nitrogens with one attached hydrogen (secondary N) is 2. The van der Waals surface area contributed by atoms with Crippen molar-refractivity contribution in [2.45, 2.75) is 44.2 Å². The summed E-state index contributed by atoms with van der Waals surface area (Å²) in [6, 6.07) is 0.386. The molecule has 1 saturated carbocycles. The van der Waals surface area contributed by atoms with Gasteiger partial charge in [0.05, 0.1) is 6.61 Å². The molecule has 1 heterocycles. The molecule has 0 unspecified atom stereocenters. The van der Waals surface area contributed by atoms with Crippen molar-refractivity contribution in [3.8, 4) is 0 Å². The second-order valence-electron chi connectivity index (χ2n) is 4.41. The zero-order valence-corrected chi connectivity index (χ0v) is 9.13. The smallest absolute Gasteiger partial charge is 0.250 e. The maximum Gasteiger partial charge on any atom is 0.250 e. The van der Waals surface area contributed by atoms with E-state index >= 15 is 0 Å². The number of hydrogen-bond donors (Lipinski definition) is 2. The third kappa shape index (κ3) is 3.18. The molecule has 1 atom stereocenters. The second kappa shape index (κ2) is 5.47. The molecule has 0 spiro atoms. The zero-order chi connectivity index (χ0) is 10.5. The summed E-state index contributed by atoms with van der Waals surface area (Å²) in [5.41, 5.74) is 0. The number of morpholine rings is 1. The van der Waals surface area contributed by atoms with E-state index in [1.54, 1.807) is 0 Å². The Bertz CT molecular complexity index is 209. The fraction of sp³-hybridized carbons (Fsp3) is 0.909. The fourth-order valence-electron chi connectivity index (χ4n) is 2.27. The van der Waals surface area contributed by atoms with Gasteiger partial charge in [-0.1, -0.05) is 19.3 Å². The first-order chi connectivity index (χ1) is 7.36. The Morgan fingerprint density at radius 3 is 2.73 bits per heavy atom. The van der Waals surface area contributed by atoms with Gasteiger partial charge in [-0.05, 0) is 12.8 Å². The fourth-order valence-corrected chi connectivity index (χ4v) is 2.27. The molecule has 1 aliphatic carbocycles. The van der Waals surface area contributed by atoms with Crippen LogP contribution in [0, 0.1) is 0 Å². The Morgan fingerprint density at radius 1 is 1.27 bits per heavy atom. The van der Waals surface area contributed by atoms with Crippen LogP contribution in [0.15, 0.2) is 0 Å². The Hall–Kier alpha value is -0.610. The van der Waals surface area contributed by atoms with Gasteiger partial charge in [-0.25, -0.2) is 0 Å². The lowest BCUT2D eigenvalue weighted by Gasteiger charge is -2.27. The highest BCUT2D eigenvalue weighted by Crippen LogP contribution is 2.17. The lowest BCUT2D eigenvalue weighted by atomic mass is 9.95. The Balaban J connectivity index is 1.74. The van der Waals surface area contributed by atoms with Crippen molar-refractivity contribution >= 4 is 5.91 Å². The van der Waals surface area contributed by atoms with Gasteiger partial charge in [0.1, 0.15) is 6.10 Å². The number of ether oxygens (including phenoxy) is 1. The standard InChI is InChI=1S/C11H20N2O2/c14-11(10-8-12-6-7-15-10)13-9-4-2-1-3-5-9/h9-10,12H,1-8H2,(H,13,14)/t10-/m1/s1. The largest absolute Gasteiger partial charge is 0.366 e. The minimum atomic E-state index is -0.277. The summed E-state index contributed by atoms with van der Waals surface area (Å²) in [5, 5.41) is 6.25. The van der Waals surface area contributed by atoms with Crippen molar-refractivity contribution < 1.29 is 9.53 Å². The van der Waals surface area contributed by atoms with Crippen molar-refractivity contribution in [3.63, 3.8) is 0 Å². The lowest BCUT2D eigenvalue weighted by molar-refractivity contribution is -0.135. The molecule has 2 rings (SSSR count). The first-order valence-corrected chi connectivity index (χ1v) is 5.99. The summed E-state index contributed by atoms with van der Waals surface area (Å²) in [6.07, 6.45) is 5.79. The lowest BCUT2D eigenvalue weighted by Crippen LogP contribution is -2.50. The van der Waals surface area contributed by atoms with Crippen molar-refractivity contribution in [1.82, 2.24) is 10.6 Å². The van der Waals surface area contributed by atoms with Crippen LogP contribution >= 0.6 is 0 Å². The average molecular weight is 212 g/mol. The molecule has 4 nitrogen and oxygen atoms in total.